The van der Waals surface area contributed by atoms with Crippen molar-refractivity contribution in [3.8, 4) is 5.75 Å². The van der Waals surface area contributed by atoms with Gasteiger partial charge in [0.15, 0.2) is 0 Å². The third-order valence-electron chi connectivity index (χ3n) is 5.07. The van der Waals surface area contributed by atoms with Crippen LogP contribution in [0.4, 0.5) is 0 Å². The average molecular weight is 387 g/mol. The minimum Gasteiger partial charge on any atom is -0.489 e. The predicted octanol–water partition coefficient (Wildman–Crippen LogP) is 4.87. The highest BCUT2D eigenvalue weighted by atomic mass is 16.5. The van der Waals surface area contributed by atoms with Crippen molar-refractivity contribution in [2.75, 3.05) is 13.1 Å². The van der Waals surface area contributed by atoms with Gasteiger partial charge < -0.3 is 14.4 Å². The van der Waals surface area contributed by atoms with E-state index >= 15 is 0 Å². The number of morpholine rings is 1. The first-order chi connectivity index (χ1) is 14.2. The molecule has 3 aromatic rings. The molecule has 0 N–H and O–H groups in total. The third-order valence-corrected chi connectivity index (χ3v) is 5.07. The lowest BCUT2D eigenvalue weighted by Crippen LogP contribution is -2.45. The molecule has 3 aromatic carbocycles. The van der Waals surface area contributed by atoms with Crippen LogP contribution in [0.3, 0.4) is 0 Å². The summed E-state index contributed by atoms with van der Waals surface area (Å²) in [5.74, 6) is 0.874. The first kappa shape index (κ1) is 19.2. The van der Waals surface area contributed by atoms with E-state index in [1.54, 1.807) is 0 Å². The largest absolute Gasteiger partial charge is 0.489 e. The van der Waals surface area contributed by atoms with E-state index in [1.807, 2.05) is 96.8 Å². The van der Waals surface area contributed by atoms with E-state index in [1.165, 1.54) is 0 Å². The first-order valence-electron chi connectivity index (χ1n) is 9.95. The average Bonchev–Trinajstić information content (AvgIpc) is 2.78. The molecule has 4 nitrogen and oxygen atoms in total. The van der Waals surface area contributed by atoms with Crippen molar-refractivity contribution in [1.29, 1.82) is 0 Å². The Morgan fingerprint density at radius 1 is 0.931 bits per heavy atom. The molecule has 1 aliphatic heterocycles. The molecule has 2 atom stereocenters. The third kappa shape index (κ3) is 4.84. The van der Waals surface area contributed by atoms with Gasteiger partial charge in [-0.15, -0.1) is 0 Å². The summed E-state index contributed by atoms with van der Waals surface area (Å²) in [6, 6.07) is 27.5. The van der Waals surface area contributed by atoms with E-state index < -0.39 is 0 Å². The quantitative estimate of drug-likeness (QED) is 0.627. The molecule has 1 fully saturated rings. The summed E-state index contributed by atoms with van der Waals surface area (Å²) < 4.78 is 11.8. The van der Waals surface area contributed by atoms with Crippen molar-refractivity contribution in [2.45, 2.75) is 25.7 Å². The Morgan fingerprint density at radius 3 is 2.28 bits per heavy atom. The van der Waals surface area contributed by atoms with Crippen molar-refractivity contribution < 1.29 is 14.3 Å². The monoisotopic (exact) mass is 387 g/mol. The van der Waals surface area contributed by atoms with Crippen LogP contribution >= 0.6 is 0 Å². The number of carbonyl (C=O) groups is 1. The molecule has 4 rings (SSSR count). The molecule has 1 heterocycles. The number of carbonyl (C=O) groups excluding carboxylic acids is 1. The Morgan fingerprint density at radius 2 is 1.59 bits per heavy atom. The fourth-order valence-corrected chi connectivity index (χ4v) is 3.58. The molecular formula is C25H25NO3. The zero-order valence-electron chi connectivity index (χ0n) is 16.5. The highest BCUT2D eigenvalue weighted by molar-refractivity contribution is 5.94. The van der Waals surface area contributed by atoms with Gasteiger partial charge in [-0.05, 0) is 42.3 Å². The van der Waals surface area contributed by atoms with Crippen LogP contribution in [0.25, 0.3) is 0 Å². The topological polar surface area (TPSA) is 38.8 Å². The van der Waals surface area contributed by atoms with Crippen LogP contribution in [0.5, 0.6) is 5.75 Å². The number of benzene rings is 3. The fraction of sp³-hybridized carbons (Fsp3) is 0.240. The molecule has 2 unspecified atom stereocenters. The van der Waals surface area contributed by atoms with Gasteiger partial charge in [-0.3, -0.25) is 4.79 Å². The molecule has 1 saturated heterocycles. The second-order valence-corrected chi connectivity index (χ2v) is 7.35. The van der Waals surface area contributed by atoms with Gasteiger partial charge in [0.2, 0.25) is 0 Å². The van der Waals surface area contributed by atoms with Gasteiger partial charge in [0, 0.05) is 12.1 Å². The summed E-state index contributed by atoms with van der Waals surface area (Å²) in [4.78, 5) is 14.9. The minimum absolute atomic E-state index is 0.00329. The molecule has 0 bridgehead atoms. The summed E-state index contributed by atoms with van der Waals surface area (Å²) in [7, 11) is 0. The summed E-state index contributed by atoms with van der Waals surface area (Å²) in [5, 5.41) is 0. The van der Waals surface area contributed by atoms with Crippen LogP contribution in [0.1, 0.15) is 34.5 Å². The van der Waals surface area contributed by atoms with Gasteiger partial charge >= 0.3 is 0 Å². The second kappa shape index (κ2) is 8.93. The molecule has 1 amide bonds. The Hall–Kier alpha value is -3.11. The van der Waals surface area contributed by atoms with Crippen LogP contribution in [0.15, 0.2) is 84.9 Å². The Labute approximate surface area is 171 Å². The van der Waals surface area contributed by atoms with Gasteiger partial charge in [0.25, 0.3) is 5.91 Å². The van der Waals surface area contributed by atoms with Crippen molar-refractivity contribution in [1.82, 2.24) is 4.90 Å². The molecule has 0 spiro atoms. The number of rotatable bonds is 5. The van der Waals surface area contributed by atoms with E-state index in [-0.39, 0.29) is 18.1 Å². The summed E-state index contributed by atoms with van der Waals surface area (Å²) in [6.45, 7) is 3.65. The molecule has 0 aromatic heterocycles. The highest BCUT2D eigenvalue weighted by Crippen LogP contribution is 2.26. The maximum atomic E-state index is 13.1. The van der Waals surface area contributed by atoms with Crippen molar-refractivity contribution >= 4 is 5.91 Å². The summed E-state index contributed by atoms with van der Waals surface area (Å²) in [6.07, 6.45) is -0.0982. The summed E-state index contributed by atoms with van der Waals surface area (Å²) >= 11 is 0. The van der Waals surface area contributed by atoms with E-state index in [0.717, 1.165) is 16.9 Å². The number of amides is 1. The first-order valence-corrected chi connectivity index (χ1v) is 9.95. The molecule has 0 saturated carbocycles. The Bertz CT molecular complexity index is 925. The van der Waals surface area contributed by atoms with Crippen molar-refractivity contribution in [3.05, 3.63) is 102 Å². The number of hydrogen-bond acceptors (Lipinski definition) is 3. The summed E-state index contributed by atoms with van der Waals surface area (Å²) in [5.41, 5.74) is 2.82. The number of para-hydroxylation sites is 1. The standard InChI is InChI=1S/C25H25NO3/c1-19-16-26(17-24(29-19)21-8-4-2-5-9-21)25(27)22-14-12-20(13-15-22)18-28-23-10-6-3-7-11-23/h2-15,19,24H,16-18H2,1H3. The van der Waals surface area contributed by atoms with E-state index in [0.29, 0.717) is 25.3 Å². The lowest BCUT2D eigenvalue weighted by atomic mass is 10.1. The van der Waals surface area contributed by atoms with E-state index in [2.05, 4.69) is 0 Å². The van der Waals surface area contributed by atoms with Gasteiger partial charge in [-0.25, -0.2) is 0 Å². The fourth-order valence-electron chi connectivity index (χ4n) is 3.58. The van der Waals surface area contributed by atoms with Gasteiger partial charge in [0.1, 0.15) is 18.5 Å². The van der Waals surface area contributed by atoms with Crippen LogP contribution in [-0.4, -0.2) is 30.0 Å². The van der Waals surface area contributed by atoms with Gasteiger partial charge in [-0.1, -0.05) is 60.7 Å². The van der Waals surface area contributed by atoms with Crippen LogP contribution in [0, 0.1) is 0 Å². The number of ether oxygens (including phenoxy) is 2. The second-order valence-electron chi connectivity index (χ2n) is 7.35. The molecular weight excluding hydrogens is 362 g/mol. The van der Waals surface area contributed by atoms with E-state index in [9.17, 15) is 4.79 Å². The van der Waals surface area contributed by atoms with Crippen molar-refractivity contribution in [2.24, 2.45) is 0 Å². The number of hydrogen-bond donors (Lipinski definition) is 0. The van der Waals surface area contributed by atoms with E-state index in [4.69, 9.17) is 9.47 Å². The SMILES string of the molecule is CC1CN(C(=O)c2ccc(COc3ccccc3)cc2)CC(c2ccccc2)O1. The van der Waals surface area contributed by atoms with Crippen LogP contribution in [0.2, 0.25) is 0 Å². The zero-order chi connectivity index (χ0) is 20.1. The van der Waals surface area contributed by atoms with Gasteiger partial charge in [-0.2, -0.15) is 0 Å². The smallest absolute Gasteiger partial charge is 0.254 e. The van der Waals surface area contributed by atoms with Gasteiger partial charge in [0.05, 0.1) is 12.6 Å². The Balaban J connectivity index is 1.40. The lowest BCUT2D eigenvalue weighted by Gasteiger charge is -2.37. The molecule has 0 aliphatic carbocycles. The molecule has 0 radical (unpaired) electrons. The zero-order valence-corrected chi connectivity index (χ0v) is 16.5. The maximum Gasteiger partial charge on any atom is 0.254 e. The predicted molar refractivity (Wildman–Crippen MR) is 113 cm³/mol. The molecule has 29 heavy (non-hydrogen) atoms. The number of nitrogens with zero attached hydrogens (tertiary/aromatic N) is 1. The minimum atomic E-state index is -0.0950. The molecule has 148 valence electrons. The Kier molecular flexibility index (Phi) is 5.92. The molecule has 1 aliphatic rings. The van der Waals surface area contributed by atoms with Crippen LogP contribution in [-0.2, 0) is 11.3 Å². The lowest BCUT2D eigenvalue weighted by molar-refractivity contribution is -0.0691. The van der Waals surface area contributed by atoms with Crippen molar-refractivity contribution in [3.63, 3.8) is 0 Å². The highest BCUT2D eigenvalue weighted by Gasteiger charge is 2.29. The maximum absolute atomic E-state index is 13.1. The molecule has 4 heteroatoms. The van der Waals surface area contributed by atoms with Crippen LogP contribution < -0.4 is 4.74 Å². The normalized spacial score (nSPS) is 19.0.